The minimum atomic E-state index is -0.419. The van der Waals surface area contributed by atoms with Crippen molar-refractivity contribution < 1.29 is 9.94 Å². The zero-order chi connectivity index (χ0) is 19.6. The van der Waals surface area contributed by atoms with E-state index in [4.69, 9.17) is 33.1 Å². The summed E-state index contributed by atoms with van der Waals surface area (Å²) in [6.07, 6.45) is 0.924. The van der Waals surface area contributed by atoms with Gasteiger partial charge < -0.3 is 9.94 Å². The average Bonchev–Trinajstić information content (AvgIpc) is 3.46. The molecule has 0 aromatic heterocycles. The van der Waals surface area contributed by atoms with Crippen molar-refractivity contribution in [2.75, 3.05) is 6.73 Å². The molecule has 1 N–H and O–H groups in total. The molecule has 4 rings (SSSR count). The van der Waals surface area contributed by atoms with Crippen molar-refractivity contribution in [3.05, 3.63) is 99.5 Å². The van der Waals surface area contributed by atoms with Crippen LogP contribution in [0.1, 0.15) is 29.0 Å². The van der Waals surface area contributed by atoms with Crippen molar-refractivity contribution >= 4 is 23.2 Å². The quantitative estimate of drug-likeness (QED) is 0.389. The van der Waals surface area contributed by atoms with Crippen LogP contribution in [0.3, 0.4) is 0 Å². The van der Waals surface area contributed by atoms with E-state index < -0.39 is 6.73 Å². The summed E-state index contributed by atoms with van der Waals surface area (Å²) in [6.45, 7) is -0.419. The highest BCUT2D eigenvalue weighted by molar-refractivity contribution is 6.30. The number of hydrogen-bond acceptors (Lipinski definition) is 4. The first kappa shape index (κ1) is 18.9. The lowest BCUT2D eigenvalue weighted by Crippen LogP contribution is -2.13. The number of aliphatic hydroxyl groups excluding tert-OH is 1. The third kappa shape index (κ3) is 3.51. The van der Waals surface area contributed by atoms with Crippen molar-refractivity contribution in [1.29, 1.82) is 0 Å². The Morgan fingerprint density at radius 2 is 1.57 bits per heavy atom. The van der Waals surface area contributed by atoms with Gasteiger partial charge in [-0.15, -0.1) is 5.11 Å². The Morgan fingerprint density at radius 3 is 2.25 bits per heavy atom. The van der Waals surface area contributed by atoms with E-state index in [0.29, 0.717) is 10.8 Å². The molecule has 0 bridgehead atoms. The molecule has 1 saturated carbocycles. The van der Waals surface area contributed by atoms with Gasteiger partial charge in [-0.05, 0) is 53.8 Å². The molecule has 0 heterocycles. The second-order valence-electron chi connectivity index (χ2n) is 6.74. The zero-order valence-corrected chi connectivity index (χ0v) is 16.4. The van der Waals surface area contributed by atoms with E-state index in [-0.39, 0.29) is 11.3 Å². The van der Waals surface area contributed by atoms with E-state index in [2.05, 4.69) is 34.7 Å². The maximum Gasteiger partial charge on any atom is 0.164 e. The summed E-state index contributed by atoms with van der Waals surface area (Å²) in [6, 6.07) is 23.7. The van der Waals surface area contributed by atoms with Crippen molar-refractivity contribution in [3.63, 3.8) is 0 Å². The maximum absolute atomic E-state index is 8.84. The first-order chi connectivity index (χ1) is 13.6. The highest BCUT2D eigenvalue weighted by Gasteiger charge is 2.58. The highest BCUT2D eigenvalue weighted by Crippen LogP contribution is 2.65. The Bertz CT molecular complexity index is 990. The fraction of sp³-hybridized carbons (Fsp3) is 0.182. The van der Waals surface area contributed by atoms with Crippen molar-refractivity contribution in [3.8, 4) is 5.75 Å². The van der Waals surface area contributed by atoms with E-state index in [1.54, 1.807) is 0 Å². The molecule has 3 aromatic carbocycles. The lowest BCUT2D eigenvalue weighted by Gasteiger charge is -2.21. The van der Waals surface area contributed by atoms with E-state index >= 15 is 0 Å². The summed E-state index contributed by atoms with van der Waals surface area (Å²) in [5.74, 6) is 0.886. The van der Waals surface area contributed by atoms with Crippen molar-refractivity contribution in [2.24, 2.45) is 10.4 Å². The molecule has 6 heteroatoms. The maximum atomic E-state index is 8.84. The van der Waals surface area contributed by atoms with Crippen LogP contribution in [0.25, 0.3) is 0 Å². The molecule has 1 fully saturated rings. The molecule has 2 unspecified atom stereocenters. The molecule has 0 spiro atoms. The highest BCUT2D eigenvalue weighted by atomic mass is 35.5. The first-order valence-electron chi connectivity index (χ1n) is 8.91. The molecule has 4 nitrogen and oxygen atoms in total. The topological polar surface area (TPSA) is 54.2 Å². The molecule has 0 amide bonds. The Kier molecular flexibility index (Phi) is 5.36. The predicted molar refractivity (Wildman–Crippen MR) is 110 cm³/mol. The molecule has 3 aromatic rings. The van der Waals surface area contributed by atoms with Gasteiger partial charge in [-0.3, -0.25) is 0 Å². The molecular weight excluding hydrogens is 395 g/mol. The van der Waals surface area contributed by atoms with Crippen LogP contribution in [0.5, 0.6) is 5.75 Å². The minimum absolute atomic E-state index is 0.260. The lowest BCUT2D eigenvalue weighted by molar-refractivity contribution is 0.245. The van der Waals surface area contributed by atoms with Crippen LogP contribution in [-0.4, -0.2) is 11.8 Å². The molecule has 142 valence electrons. The van der Waals surface area contributed by atoms with Gasteiger partial charge in [0.1, 0.15) is 0 Å². The van der Waals surface area contributed by atoms with Gasteiger partial charge in [-0.2, -0.15) is 0 Å². The van der Waals surface area contributed by atoms with Gasteiger partial charge in [0.2, 0.25) is 0 Å². The number of benzene rings is 3. The molecule has 0 radical (unpaired) electrons. The van der Waals surface area contributed by atoms with Gasteiger partial charge in [0, 0.05) is 26.3 Å². The van der Waals surface area contributed by atoms with Crippen LogP contribution >= 0.6 is 23.2 Å². The van der Waals surface area contributed by atoms with Crippen LogP contribution in [0.4, 0.5) is 0 Å². The average molecular weight is 413 g/mol. The number of hydrogen-bond donors (Lipinski definition) is 1. The number of para-hydroxylation sites is 1. The molecular formula is C22H18Cl2N2O2. The van der Waals surface area contributed by atoms with Crippen molar-refractivity contribution in [2.45, 2.75) is 17.8 Å². The van der Waals surface area contributed by atoms with E-state index in [1.165, 1.54) is 5.56 Å². The fourth-order valence-electron chi connectivity index (χ4n) is 3.89. The van der Waals surface area contributed by atoms with Gasteiger partial charge in [-0.25, -0.2) is 0 Å². The summed E-state index contributed by atoms with van der Waals surface area (Å²) in [7, 11) is 0. The summed E-state index contributed by atoms with van der Waals surface area (Å²) < 4.78 is 0. The largest absolute Gasteiger partial charge is 0.372 e. The molecule has 28 heavy (non-hydrogen) atoms. The fourth-order valence-corrected chi connectivity index (χ4v) is 4.15. The zero-order valence-electron chi connectivity index (χ0n) is 14.9. The minimum Gasteiger partial charge on any atom is -0.372 e. The molecule has 1 aliphatic carbocycles. The number of rotatable bonds is 6. The van der Waals surface area contributed by atoms with E-state index in [0.717, 1.165) is 22.6 Å². The van der Waals surface area contributed by atoms with Crippen LogP contribution in [0.2, 0.25) is 10.0 Å². The Balaban J connectivity index is 1.81. The summed E-state index contributed by atoms with van der Waals surface area (Å²) in [5.41, 5.74) is 3.14. The Morgan fingerprint density at radius 1 is 0.929 bits per heavy atom. The second kappa shape index (κ2) is 7.92. The smallest absolute Gasteiger partial charge is 0.164 e. The van der Waals surface area contributed by atoms with Crippen LogP contribution in [-0.2, 0) is 5.41 Å². The number of aliphatic hydroxyl groups is 1. The number of halogens is 2. The lowest BCUT2D eigenvalue weighted by atomic mass is 9.83. The Hall–Kier alpha value is -2.40. The summed E-state index contributed by atoms with van der Waals surface area (Å²) >= 11 is 12.2. The van der Waals surface area contributed by atoms with E-state index in [1.807, 2.05) is 48.5 Å². The third-order valence-electron chi connectivity index (χ3n) is 5.22. The first-order valence-corrected chi connectivity index (χ1v) is 9.66. The van der Waals surface area contributed by atoms with Gasteiger partial charge in [0.15, 0.2) is 12.5 Å². The summed E-state index contributed by atoms with van der Waals surface area (Å²) in [4.78, 5) is 5.50. The summed E-state index contributed by atoms with van der Waals surface area (Å²) in [5, 5.41) is 17.4. The normalized spacial score (nSPS) is 21.0. The predicted octanol–water partition coefficient (Wildman–Crippen LogP) is 6.16. The van der Waals surface area contributed by atoms with Gasteiger partial charge in [0.25, 0.3) is 0 Å². The molecule has 0 aliphatic heterocycles. The molecule has 2 atom stereocenters. The van der Waals surface area contributed by atoms with Crippen LogP contribution < -0.4 is 4.84 Å². The van der Waals surface area contributed by atoms with E-state index in [9.17, 15) is 0 Å². The SMILES string of the molecule is OCN=NOc1ccccc1C1(c2ccc(Cl)cc2)CC1c1ccc(Cl)cc1. The van der Waals surface area contributed by atoms with Crippen molar-refractivity contribution in [1.82, 2.24) is 0 Å². The molecule has 0 saturated heterocycles. The van der Waals surface area contributed by atoms with Crippen LogP contribution in [0, 0.1) is 0 Å². The third-order valence-corrected chi connectivity index (χ3v) is 5.72. The molecule has 1 aliphatic rings. The van der Waals surface area contributed by atoms with Gasteiger partial charge in [0.05, 0.1) is 0 Å². The van der Waals surface area contributed by atoms with Gasteiger partial charge >= 0.3 is 0 Å². The number of nitrogens with zero attached hydrogens (tertiary/aromatic N) is 2. The second-order valence-corrected chi connectivity index (χ2v) is 7.61. The Labute approximate surface area is 173 Å². The van der Waals surface area contributed by atoms with Gasteiger partial charge in [-0.1, -0.05) is 65.7 Å². The standard InChI is InChI=1S/C22H18Cl2N2O2/c23-17-9-5-15(6-10-17)20-13-22(20,16-7-11-18(24)12-8-16)19-3-1-2-4-21(19)28-26-25-14-27/h1-12,20,27H,13-14H2. The van der Waals surface area contributed by atoms with Crippen LogP contribution in [0.15, 0.2) is 83.2 Å². The monoisotopic (exact) mass is 412 g/mol.